The van der Waals surface area contributed by atoms with Gasteiger partial charge in [0.1, 0.15) is 0 Å². The molecule has 3 unspecified atom stereocenters. The minimum Gasteiger partial charge on any atom is -0.438 e. The van der Waals surface area contributed by atoms with E-state index in [0.717, 1.165) is 151 Å². The number of esters is 8. The predicted molar refractivity (Wildman–Crippen MR) is 513 cm³/mol. The van der Waals surface area contributed by atoms with E-state index >= 15 is 0 Å². The number of carbonyl (C=O) groups is 8. The Kier molecular flexibility index (Phi) is 54.9. The molecule has 0 aromatic heterocycles. The van der Waals surface area contributed by atoms with Crippen LogP contribution < -0.4 is 0 Å². The first-order chi connectivity index (χ1) is 61.6. The minimum atomic E-state index is -0.413. The van der Waals surface area contributed by atoms with Gasteiger partial charge in [0.05, 0.1) is 62.1 Å². The Balaban J connectivity index is 0.000000389. The summed E-state index contributed by atoms with van der Waals surface area (Å²) in [5.41, 5.74) is -2.80. The van der Waals surface area contributed by atoms with Crippen molar-refractivity contribution in [1.82, 2.24) is 0 Å². The summed E-state index contributed by atoms with van der Waals surface area (Å²) in [4.78, 5) is 94.0. The van der Waals surface area contributed by atoms with Gasteiger partial charge in [-0.1, -0.05) is 126 Å². The summed E-state index contributed by atoms with van der Waals surface area (Å²) in [7, 11) is 4.74. The van der Waals surface area contributed by atoms with Crippen LogP contribution in [0.3, 0.4) is 0 Å². The fraction of sp³-hybridized carbons (Fsp3) is 0.925. The van der Waals surface area contributed by atoms with Gasteiger partial charge in [-0.05, 0) is 345 Å². The lowest BCUT2D eigenvalue weighted by atomic mass is 9.50. The van der Waals surface area contributed by atoms with Gasteiger partial charge in [-0.3, -0.25) is 38.4 Å². The molecule has 766 valence electrons. The Labute approximate surface area is 796 Å². The Morgan fingerprint density at radius 3 is 0.863 bits per heavy atom. The van der Waals surface area contributed by atoms with Gasteiger partial charge < -0.3 is 75.8 Å². The zero-order chi connectivity index (χ0) is 98.6. The average Bonchev–Trinajstić information content (AvgIpc) is 0.758. The molecule has 12 aliphatic carbocycles. The van der Waals surface area contributed by atoms with Crippen LogP contribution in [0.4, 0.5) is 0 Å². The predicted octanol–water partition coefficient (Wildman–Crippen LogP) is 25.3. The van der Waals surface area contributed by atoms with E-state index in [9.17, 15) is 38.4 Å². The minimum absolute atomic E-state index is 0.0439. The molecule has 0 spiro atoms. The van der Waals surface area contributed by atoms with Crippen LogP contribution in [-0.2, 0) is 114 Å². The number of rotatable bonds is 41. The van der Waals surface area contributed by atoms with Crippen LogP contribution in [0.2, 0.25) is 0 Å². The van der Waals surface area contributed by atoms with Crippen molar-refractivity contribution < 1.29 is 114 Å². The Hall–Kier alpha value is -4.56. The van der Waals surface area contributed by atoms with E-state index in [-0.39, 0.29) is 101 Å². The van der Waals surface area contributed by atoms with E-state index in [2.05, 4.69) is 4.74 Å². The third-order valence-corrected chi connectivity index (χ3v) is 31.1. The van der Waals surface area contributed by atoms with Crippen molar-refractivity contribution >= 4 is 47.8 Å². The quantitative estimate of drug-likeness (QED) is 0.0238. The molecule has 0 amide bonds. The van der Waals surface area contributed by atoms with Gasteiger partial charge in [0.15, 0.2) is 34.0 Å². The van der Waals surface area contributed by atoms with E-state index in [0.29, 0.717) is 48.6 Å². The third kappa shape index (κ3) is 42.0. The molecule has 8 bridgehead atoms. The number of methoxy groups -OCH3 is 3. The van der Waals surface area contributed by atoms with Crippen molar-refractivity contribution in [2.24, 2.45) is 108 Å². The lowest BCUT2D eigenvalue weighted by Crippen LogP contribution is -2.49. The summed E-state index contributed by atoms with van der Waals surface area (Å²) in [5, 5.41) is 0. The molecule has 0 N–H and O–H groups in total. The Morgan fingerprint density at radius 1 is 0.290 bits per heavy atom. The van der Waals surface area contributed by atoms with Crippen LogP contribution in [-0.4, -0.2) is 154 Å². The van der Waals surface area contributed by atoms with Crippen molar-refractivity contribution in [1.29, 1.82) is 0 Å². The van der Waals surface area contributed by atoms with Crippen molar-refractivity contribution in [3.05, 3.63) is 0 Å². The average molecular weight is 1860 g/mol. The van der Waals surface area contributed by atoms with Crippen molar-refractivity contribution in [2.75, 3.05) is 75.1 Å². The molecule has 3 atom stereocenters. The van der Waals surface area contributed by atoms with Crippen LogP contribution in [0.1, 0.15) is 424 Å². The van der Waals surface area contributed by atoms with Gasteiger partial charge in [0.25, 0.3) is 0 Å². The molecule has 0 aromatic carbocycles. The first kappa shape index (κ1) is 121. The first-order valence-electron chi connectivity index (χ1n) is 51.6. The van der Waals surface area contributed by atoms with E-state index in [1.165, 1.54) is 148 Å². The topological polar surface area (TPSA) is 284 Å². The molecule has 24 heteroatoms. The molecule has 0 heterocycles. The second-order valence-electron chi connectivity index (χ2n) is 44.8. The zero-order valence-electron chi connectivity index (χ0n) is 88.5. The van der Waals surface area contributed by atoms with Crippen LogP contribution in [0, 0.1) is 108 Å². The van der Waals surface area contributed by atoms with Gasteiger partial charge in [-0.2, -0.15) is 0 Å². The highest BCUT2D eigenvalue weighted by atomic mass is 16.7. The molecule has 0 saturated heterocycles. The highest BCUT2D eigenvalue weighted by molar-refractivity contribution is 5.79. The summed E-state index contributed by atoms with van der Waals surface area (Å²) < 4.78 is 85.2. The monoisotopic (exact) mass is 1860 g/mol. The fourth-order valence-electron chi connectivity index (χ4n) is 18.9. The molecule has 0 aromatic rings. The lowest BCUT2D eigenvalue weighted by Gasteiger charge is -2.56. The normalized spacial score (nSPS) is 23.9. The number of hydrogen-bond donors (Lipinski definition) is 0. The summed E-state index contributed by atoms with van der Waals surface area (Å²) in [6, 6.07) is 0. The standard InChI is InChI=1S/C18H30O3.C17H28O3.C15H28O3.C14H26O3.2C13H24O3.C9H18O3.C8H16O3/c1-4-17(2,3)16(19)21-12-20-11-18-8-13-5-14(9-18)7-15(6-13)10-18;1-4-17(2,3)16(18)20-10-19-15-13-6-11-5-12(8-13)9-14(15)7-11;1-5-15(3,4)14(16)18-13(17-6-2)12-10-8-7-9-11-12;1-5-14(2,3)13(15)17-12(16-4)11-9-7-6-8-10-11;1-5-13(2,3)12(14)16-11(15-4)10-8-6-7-9-10;1-4-13(2,3)12(14)16-10-15-11-8-6-5-7-9-11;1-5-9(3,4)8(10)12-7-11-6-2;1-5-8(2,3)7(9)11-6-10-4/h13-15H,4-12H2,1-3H3;11-15H,4-10H2,1-3H3;12-13H,5-11H2,1-4H3;11-12H,5-10H2,1-4H3;10-11H,5-9H2,1-4H3;11H,4-10H2,1-3H3;5-7H2,1-4H3;5-6H2,1-4H3. The number of hydrogen-bond acceptors (Lipinski definition) is 24. The van der Waals surface area contributed by atoms with Gasteiger partial charge in [-0.25, -0.2) is 0 Å². The van der Waals surface area contributed by atoms with Crippen LogP contribution >= 0.6 is 0 Å². The van der Waals surface area contributed by atoms with Gasteiger partial charge in [0, 0.05) is 52.3 Å². The molecule has 131 heavy (non-hydrogen) atoms. The Bertz CT molecular complexity index is 3150. The zero-order valence-corrected chi connectivity index (χ0v) is 88.5. The fourth-order valence-corrected chi connectivity index (χ4v) is 18.9. The molecule has 12 aliphatic rings. The summed E-state index contributed by atoms with van der Waals surface area (Å²) in [6.07, 6.45) is 43.7. The molecule has 12 saturated carbocycles. The van der Waals surface area contributed by atoms with Gasteiger partial charge >= 0.3 is 47.8 Å². The second kappa shape index (κ2) is 59.7. The number of ether oxygens (including phenoxy) is 16. The van der Waals surface area contributed by atoms with Gasteiger partial charge in [-0.15, -0.1) is 0 Å². The van der Waals surface area contributed by atoms with E-state index in [1.54, 1.807) is 14.2 Å². The second-order valence-corrected chi connectivity index (χ2v) is 44.8. The molecular weight excluding hydrogens is 1670 g/mol. The molecule has 24 nitrogen and oxygen atoms in total. The SMILES string of the molecule is CCC(C)(C)C(=O)OC(OC)C1CCCC1.CCC(C)(C)C(=O)OC(OC)C1CCCCC1.CCC(C)(C)C(=O)OCOC.CCC(C)(C)C(=O)OCOC1C2CC3CC(C2)CC1C3.CCC(C)(C)C(=O)OCOC1CCCCC1.CCC(C)(C)C(=O)OCOCC12CC3CC(CC(C3)C1)C2.CCOC(OC(=O)C(C)(C)CC)C1CCCCC1.CCOCOC(=O)C(C)(C)CC. The maximum atomic E-state index is 12.1. The van der Waals surface area contributed by atoms with Crippen LogP contribution in [0.25, 0.3) is 0 Å². The van der Waals surface area contributed by atoms with E-state index in [1.807, 2.05) is 180 Å². The van der Waals surface area contributed by atoms with E-state index in [4.69, 9.17) is 71.1 Å². The molecular formula is C107H194O24. The first-order valence-corrected chi connectivity index (χ1v) is 51.6. The van der Waals surface area contributed by atoms with E-state index < -0.39 is 43.3 Å². The summed E-state index contributed by atoms with van der Waals surface area (Å²) >= 11 is 0. The van der Waals surface area contributed by atoms with Crippen LogP contribution in [0.5, 0.6) is 0 Å². The maximum absolute atomic E-state index is 12.1. The maximum Gasteiger partial charge on any atom is 0.313 e. The third-order valence-electron chi connectivity index (χ3n) is 31.1. The van der Waals surface area contributed by atoms with Crippen molar-refractivity contribution in [3.63, 3.8) is 0 Å². The molecule has 12 rings (SSSR count). The van der Waals surface area contributed by atoms with Crippen LogP contribution in [0.15, 0.2) is 0 Å². The lowest BCUT2D eigenvalue weighted by molar-refractivity contribution is -0.202. The Morgan fingerprint density at radius 2 is 0.557 bits per heavy atom. The number of carbonyl (C=O) groups excluding carboxylic acids is 8. The molecule has 0 aliphatic heterocycles. The van der Waals surface area contributed by atoms with Crippen molar-refractivity contribution in [3.8, 4) is 0 Å². The molecule has 12 fully saturated rings. The van der Waals surface area contributed by atoms with Crippen molar-refractivity contribution in [2.45, 2.75) is 455 Å². The highest BCUT2D eigenvalue weighted by Gasteiger charge is 2.52. The summed E-state index contributed by atoms with van der Waals surface area (Å²) in [6.45, 7) is 52.7. The highest BCUT2D eigenvalue weighted by Crippen LogP contribution is 2.60. The van der Waals surface area contributed by atoms with Gasteiger partial charge in [0.2, 0.25) is 18.9 Å². The summed E-state index contributed by atoms with van der Waals surface area (Å²) in [5.74, 6) is 6.10. The largest absolute Gasteiger partial charge is 0.438 e. The molecule has 0 radical (unpaired) electrons. The smallest absolute Gasteiger partial charge is 0.313 e.